The maximum atomic E-state index is 12.5. The van der Waals surface area contributed by atoms with E-state index in [1.165, 1.54) is 23.7 Å². The summed E-state index contributed by atoms with van der Waals surface area (Å²) in [7, 11) is 0. The number of alkyl halides is 3. The summed E-state index contributed by atoms with van der Waals surface area (Å²) in [4.78, 5) is 16.4. The van der Waals surface area contributed by atoms with Crippen LogP contribution in [-0.2, 0) is 19.4 Å². The Kier molecular flexibility index (Phi) is 12.4. The maximum Gasteiger partial charge on any atom is 0.461 e. The van der Waals surface area contributed by atoms with Crippen LogP contribution >= 0.6 is 35.1 Å². The molecule has 0 unspecified atom stereocenters. The van der Waals surface area contributed by atoms with Gasteiger partial charge in [-0.25, -0.2) is 9.78 Å². The van der Waals surface area contributed by atoms with Crippen LogP contribution in [0.25, 0.3) is 5.57 Å². The number of imidazole rings is 1. The lowest BCUT2D eigenvalue weighted by molar-refractivity contribution is -0.0324. The van der Waals surface area contributed by atoms with E-state index in [1.807, 2.05) is 22.9 Å². The average Bonchev–Trinajstić information content (AvgIpc) is 3.36. The van der Waals surface area contributed by atoms with Crippen LogP contribution < -0.4 is 9.46 Å². The Hall–Kier alpha value is -3.34. The number of aryl methyl sites for hydroxylation is 3. The number of nitrogens with one attached hydrogen (secondary N) is 1. The van der Waals surface area contributed by atoms with Crippen LogP contribution in [0.15, 0.2) is 77.5 Å². The van der Waals surface area contributed by atoms with Gasteiger partial charge in [0.05, 0.1) is 28.9 Å². The van der Waals surface area contributed by atoms with E-state index < -0.39 is 23.4 Å². The minimum atomic E-state index is -4.56. The first kappa shape index (κ1) is 33.2. The zero-order valence-electron chi connectivity index (χ0n) is 22.9. The van der Waals surface area contributed by atoms with Gasteiger partial charge in [-0.3, -0.25) is 0 Å². The predicted molar refractivity (Wildman–Crippen MR) is 164 cm³/mol. The molecule has 1 aromatic heterocycles. The van der Waals surface area contributed by atoms with Gasteiger partial charge in [-0.1, -0.05) is 48.3 Å². The fourth-order valence-electron chi connectivity index (χ4n) is 4.04. The molecule has 2 N–H and O–H groups in total. The Morgan fingerprint density at radius 1 is 1.12 bits per heavy atom. The van der Waals surface area contributed by atoms with Crippen LogP contribution in [0.5, 0.6) is 11.5 Å². The molecule has 0 aliphatic carbocycles. The molecule has 224 valence electrons. The summed E-state index contributed by atoms with van der Waals surface area (Å²) >= 11 is 11.2. The molecule has 1 heterocycles. The summed E-state index contributed by atoms with van der Waals surface area (Å²) in [6.45, 7) is 4.95. The van der Waals surface area contributed by atoms with Crippen molar-refractivity contribution in [2.75, 3.05) is 4.72 Å². The van der Waals surface area contributed by atoms with Crippen molar-refractivity contribution in [1.29, 1.82) is 0 Å². The largest absolute Gasteiger partial charge is 0.478 e. The van der Waals surface area contributed by atoms with Gasteiger partial charge in [0.25, 0.3) is 0 Å². The molecule has 0 fully saturated rings. The average molecular weight is 641 g/mol. The van der Waals surface area contributed by atoms with Gasteiger partial charge in [-0.2, -0.15) is 13.2 Å². The van der Waals surface area contributed by atoms with Crippen LogP contribution in [0.3, 0.4) is 0 Å². The summed E-state index contributed by atoms with van der Waals surface area (Å²) in [6.07, 6.45) is 10.7. The highest BCUT2D eigenvalue weighted by Gasteiger charge is 2.29. The highest BCUT2D eigenvalue weighted by molar-refractivity contribution is 8.01. The summed E-state index contributed by atoms with van der Waals surface area (Å²) in [5.74, 6) is 0.294. The first-order chi connectivity index (χ1) is 20.0. The number of carboxylic acids is 1. The number of carbonyl (C=O) groups is 1. The van der Waals surface area contributed by atoms with Crippen LogP contribution in [0.4, 0.5) is 18.9 Å². The molecule has 0 saturated carbocycles. The summed E-state index contributed by atoms with van der Waals surface area (Å²) in [5.41, 5.74) is -0.623. The second-order valence-electron chi connectivity index (χ2n) is 8.98. The van der Waals surface area contributed by atoms with Gasteiger partial charge in [0.15, 0.2) is 0 Å². The Morgan fingerprint density at radius 3 is 2.45 bits per heavy atom. The third-order valence-corrected chi connectivity index (χ3v) is 7.03. The first-order valence-electron chi connectivity index (χ1n) is 13.1. The molecule has 3 rings (SSSR count). The number of nitrogens with zero attached hydrogens (tertiary/aromatic N) is 2. The monoisotopic (exact) mass is 639 g/mol. The van der Waals surface area contributed by atoms with E-state index in [2.05, 4.69) is 24.6 Å². The van der Waals surface area contributed by atoms with E-state index in [4.69, 9.17) is 32.9 Å². The van der Waals surface area contributed by atoms with Gasteiger partial charge in [0.1, 0.15) is 17.3 Å². The van der Waals surface area contributed by atoms with Crippen LogP contribution in [0.2, 0.25) is 0 Å². The molecule has 2 aromatic carbocycles. The number of ether oxygens (including phenoxy) is 1. The fraction of sp³-hybridized carbons (Fsp3) is 0.267. The van der Waals surface area contributed by atoms with Crippen LogP contribution in [-0.4, -0.2) is 26.1 Å². The number of allylic oxidation sites excluding steroid dienone is 5. The Morgan fingerprint density at radius 2 is 1.83 bits per heavy atom. The number of rotatable bonds is 14. The highest BCUT2D eigenvalue weighted by Crippen LogP contribution is 2.34. The van der Waals surface area contributed by atoms with Gasteiger partial charge in [0.2, 0.25) is 0 Å². The molecular weight excluding hydrogens is 610 g/mol. The van der Waals surface area contributed by atoms with Crippen molar-refractivity contribution in [1.82, 2.24) is 9.55 Å². The van der Waals surface area contributed by atoms with Gasteiger partial charge in [0, 0.05) is 29.7 Å². The molecule has 0 amide bonds. The van der Waals surface area contributed by atoms with Crippen LogP contribution in [0, 0.1) is 0 Å². The van der Waals surface area contributed by atoms with Gasteiger partial charge in [-0.15, -0.1) is 0 Å². The number of benzene rings is 2. The molecule has 0 aliphatic heterocycles. The standard InChI is InChI=1S/C30H30Cl2F3N3O3S/c1-3-21(10-11-22(32)16-17-31)27-19-38(4-2)28(36-27)7-5-6-20-8-12-23(13-9-20)41-24-14-15-26(25(18-24)29(39)40)37-42-30(33,34)35/h8-19,37H,3-7H2,1-2H3,(H,39,40)/b17-16+,21-10+,22-11+. The zero-order valence-corrected chi connectivity index (χ0v) is 25.2. The number of aromatic carboxylic acids is 1. The van der Waals surface area contributed by atoms with Crippen molar-refractivity contribution in [2.24, 2.45) is 0 Å². The predicted octanol–water partition coefficient (Wildman–Crippen LogP) is 9.82. The van der Waals surface area contributed by atoms with Crippen molar-refractivity contribution < 1.29 is 27.8 Å². The minimum Gasteiger partial charge on any atom is -0.478 e. The molecule has 0 saturated heterocycles. The first-order valence-corrected chi connectivity index (χ1v) is 14.7. The molecule has 0 bridgehead atoms. The maximum absolute atomic E-state index is 12.5. The molecule has 0 spiro atoms. The number of halogens is 5. The number of carboxylic acid groups (broad SMARTS) is 1. The molecule has 6 nitrogen and oxygen atoms in total. The van der Waals surface area contributed by atoms with E-state index in [0.29, 0.717) is 10.8 Å². The van der Waals surface area contributed by atoms with Crippen LogP contribution in [0.1, 0.15) is 54.1 Å². The number of hydrogen-bond acceptors (Lipinski definition) is 5. The minimum absolute atomic E-state index is 0.175. The molecule has 0 radical (unpaired) electrons. The topological polar surface area (TPSA) is 76.4 Å². The number of aromatic nitrogens is 2. The fourth-order valence-corrected chi connectivity index (χ4v) is 4.77. The lowest BCUT2D eigenvalue weighted by Crippen LogP contribution is -2.08. The van der Waals surface area contributed by atoms with Gasteiger partial charge >= 0.3 is 11.5 Å². The molecule has 0 atom stereocenters. The summed E-state index contributed by atoms with van der Waals surface area (Å²) in [5, 5.41) is 9.94. The molecular formula is C30H30Cl2F3N3O3S. The normalized spacial score (nSPS) is 12.6. The molecule has 3 aromatic rings. The molecule has 12 heteroatoms. The smallest absolute Gasteiger partial charge is 0.461 e. The van der Waals surface area contributed by atoms with Crippen molar-refractivity contribution in [3.63, 3.8) is 0 Å². The van der Waals surface area contributed by atoms with E-state index in [0.717, 1.165) is 54.9 Å². The number of hydrogen-bond donors (Lipinski definition) is 2. The SMILES string of the molecule is CC\C(=C/C=C(Cl)\C=C\Cl)c1cn(CC)c(CCCc2ccc(Oc3ccc(NSC(F)(F)F)c(C(=O)O)c3)cc2)n1. The van der Waals surface area contributed by atoms with E-state index in [9.17, 15) is 23.1 Å². The Bertz CT molecular complexity index is 1450. The summed E-state index contributed by atoms with van der Waals surface area (Å²) < 4.78 is 47.4. The van der Waals surface area contributed by atoms with Crippen molar-refractivity contribution in [3.05, 3.63) is 100 Å². The van der Waals surface area contributed by atoms with E-state index >= 15 is 0 Å². The van der Waals surface area contributed by atoms with Crippen molar-refractivity contribution in [2.45, 2.75) is 51.6 Å². The van der Waals surface area contributed by atoms with E-state index in [1.54, 1.807) is 24.3 Å². The summed E-state index contributed by atoms with van der Waals surface area (Å²) in [6, 6.07) is 11.2. The van der Waals surface area contributed by atoms with E-state index in [-0.39, 0.29) is 17.0 Å². The third kappa shape index (κ3) is 10.2. The zero-order chi connectivity index (χ0) is 30.7. The highest BCUT2D eigenvalue weighted by atomic mass is 35.5. The van der Waals surface area contributed by atoms with Crippen molar-refractivity contribution in [3.8, 4) is 11.5 Å². The Labute approximate surface area is 257 Å². The number of anilines is 1. The molecule has 0 aliphatic rings. The van der Waals surface area contributed by atoms with Gasteiger partial charge in [-0.05, 0) is 79.8 Å². The molecule has 42 heavy (non-hydrogen) atoms. The lowest BCUT2D eigenvalue weighted by Gasteiger charge is -2.13. The quantitative estimate of drug-likeness (QED) is 0.135. The lowest BCUT2D eigenvalue weighted by atomic mass is 10.1. The third-order valence-electron chi connectivity index (χ3n) is 6.10. The Balaban J connectivity index is 1.61. The van der Waals surface area contributed by atoms with Gasteiger partial charge < -0.3 is 19.1 Å². The van der Waals surface area contributed by atoms with Crippen molar-refractivity contribution >= 4 is 52.4 Å². The second kappa shape index (κ2) is 15.8. The second-order valence-corrected chi connectivity index (χ2v) is 10.5.